The summed E-state index contributed by atoms with van der Waals surface area (Å²) >= 11 is 1.69. The molecule has 0 saturated carbocycles. The maximum atomic E-state index is 11.7. The zero-order valence-corrected chi connectivity index (χ0v) is 11.9. The van der Waals surface area contributed by atoms with Crippen LogP contribution in [0, 0.1) is 0 Å². The van der Waals surface area contributed by atoms with Crippen molar-refractivity contribution in [2.24, 2.45) is 0 Å². The van der Waals surface area contributed by atoms with Crippen LogP contribution in [0.25, 0.3) is 0 Å². The number of carbonyl (C=O) groups excluding carboxylic acids is 1. The van der Waals surface area contributed by atoms with Crippen molar-refractivity contribution in [2.45, 2.75) is 19.3 Å². The van der Waals surface area contributed by atoms with E-state index < -0.39 is 6.09 Å². The van der Waals surface area contributed by atoms with Crippen LogP contribution in [0.3, 0.4) is 0 Å². The van der Waals surface area contributed by atoms with Gasteiger partial charge in [-0.1, -0.05) is 38.1 Å². The van der Waals surface area contributed by atoms with Crippen LogP contribution in [0.5, 0.6) is 5.75 Å². The highest BCUT2D eigenvalue weighted by atomic mass is 32.1. The molecule has 2 rings (SSSR count). The van der Waals surface area contributed by atoms with Crippen LogP contribution in [0.2, 0.25) is 0 Å². The summed E-state index contributed by atoms with van der Waals surface area (Å²) in [6, 6.07) is 13.1. The van der Waals surface area contributed by atoms with Gasteiger partial charge < -0.3 is 10.1 Å². The predicted octanol–water partition coefficient (Wildman–Crippen LogP) is 3.81. The fourth-order valence-electron chi connectivity index (χ4n) is 1.68. The van der Waals surface area contributed by atoms with Crippen molar-refractivity contribution in [3.8, 4) is 5.75 Å². The Morgan fingerprint density at radius 1 is 1.21 bits per heavy atom. The smallest absolute Gasteiger partial charge is 0.410 e. The minimum Gasteiger partial charge on any atom is -0.410 e. The summed E-state index contributed by atoms with van der Waals surface area (Å²) in [5, 5.41) is 4.85. The molecule has 0 fully saturated rings. The van der Waals surface area contributed by atoms with Gasteiger partial charge in [0.2, 0.25) is 0 Å². The molecule has 1 aromatic carbocycles. The van der Waals surface area contributed by atoms with E-state index in [4.69, 9.17) is 4.74 Å². The maximum Gasteiger partial charge on any atom is 0.412 e. The molecule has 0 aliphatic carbocycles. The Bertz CT molecular complexity index is 520. The molecule has 1 aromatic heterocycles. The van der Waals surface area contributed by atoms with E-state index in [1.807, 2.05) is 29.6 Å². The Kier molecular flexibility index (Phi) is 4.22. The molecular formula is C15H17NO2S. The molecule has 0 radical (unpaired) electrons. The minimum absolute atomic E-state index is 0.0934. The third kappa shape index (κ3) is 3.83. The lowest BCUT2D eigenvalue weighted by Gasteiger charge is -2.23. The van der Waals surface area contributed by atoms with Gasteiger partial charge in [-0.2, -0.15) is 0 Å². The number of amides is 1. The lowest BCUT2D eigenvalue weighted by Crippen LogP contribution is -2.37. The van der Waals surface area contributed by atoms with Crippen LogP contribution in [-0.2, 0) is 5.41 Å². The number of rotatable bonds is 4. The molecule has 2 aromatic rings. The average Bonchev–Trinajstić information content (AvgIpc) is 2.92. The minimum atomic E-state index is -0.421. The molecule has 0 atom stereocenters. The highest BCUT2D eigenvalue weighted by Gasteiger charge is 2.22. The first-order valence-corrected chi connectivity index (χ1v) is 7.00. The van der Waals surface area contributed by atoms with Gasteiger partial charge in [-0.3, -0.25) is 0 Å². The predicted molar refractivity (Wildman–Crippen MR) is 77.8 cm³/mol. The second kappa shape index (κ2) is 5.89. The van der Waals surface area contributed by atoms with Gasteiger partial charge in [-0.25, -0.2) is 4.79 Å². The number of ether oxygens (including phenoxy) is 1. The first-order valence-electron chi connectivity index (χ1n) is 6.13. The molecular weight excluding hydrogens is 258 g/mol. The molecule has 1 heterocycles. The Balaban J connectivity index is 1.87. The van der Waals surface area contributed by atoms with Crippen molar-refractivity contribution in [1.29, 1.82) is 0 Å². The van der Waals surface area contributed by atoms with Crippen LogP contribution in [0.15, 0.2) is 47.8 Å². The Morgan fingerprint density at radius 3 is 2.58 bits per heavy atom. The van der Waals surface area contributed by atoms with Crippen LogP contribution in [0.4, 0.5) is 4.79 Å². The van der Waals surface area contributed by atoms with Gasteiger partial charge in [0.25, 0.3) is 0 Å². The summed E-state index contributed by atoms with van der Waals surface area (Å²) in [5.74, 6) is 0.550. The van der Waals surface area contributed by atoms with E-state index in [9.17, 15) is 4.79 Å². The van der Waals surface area contributed by atoms with E-state index >= 15 is 0 Å². The molecule has 4 heteroatoms. The number of para-hydroxylation sites is 1. The van der Waals surface area contributed by atoms with Crippen molar-refractivity contribution in [3.05, 3.63) is 52.7 Å². The molecule has 0 unspecified atom stereocenters. The van der Waals surface area contributed by atoms with E-state index in [1.54, 1.807) is 23.5 Å². The molecule has 0 saturated heterocycles. The Morgan fingerprint density at radius 2 is 1.95 bits per heavy atom. The van der Waals surface area contributed by atoms with Crippen LogP contribution in [0.1, 0.15) is 18.7 Å². The summed E-state index contributed by atoms with van der Waals surface area (Å²) in [4.78, 5) is 12.9. The molecule has 1 N–H and O–H groups in total. The van der Waals surface area contributed by atoms with E-state index in [-0.39, 0.29) is 5.41 Å². The van der Waals surface area contributed by atoms with Crippen molar-refractivity contribution >= 4 is 17.4 Å². The van der Waals surface area contributed by atoms with Crippen LogP contribution in [-0.4, -0.2) is 12.6 Å². The number of carbonyl (C=O) groups is 1. The van der Waals surface area contributed by atoms with Crippen molar-refractivity contribution in [2.75, 3.05) is 6.54 Å². The quantitative estimate of drug-likeness (QED) is 0.921. The first kappa shape index (κ1) is 13.6. The molecule has 100 valence electrons. The lowest BCUT2D eigenvalue weighted by atomic mass is 9.91. The molecule has 0 aliphatic rings. The molecule has 0 spiro atoms. The highest BCUT2D eigenvalue weighted by molar-refractivity contribution is 7.10. The molecule has 3 nitrogen and oxygen atoms in total. The fourth-order valence-corrected chi connectivity index (χ4v) is 2.53. The number of nitrogens with one attached hydrogen (secondary N) is 1. The Hall–Kier alpha value is -1.81. The topological polar surface area (TPSA) is 38.3 Å². The first-order chi connectivity index (χ1) is 9.08. The zero-order valence-electron chi connectivity index (χ0n) is 11.1. The highest BCUT2D eigenvalue weighted by Crippen LogP contribution is 2.26. The summed E-state index contributed by atoms with van der Waals surface area (Å²) in [6.45, 7) is 4.74. The number of hydrogen-bond donors (Lipinski definition) is 1. The Labute approximate surface area is 117 Å². The van der Waals surface area contributed by atoms with E-state index in [0.717, 1.165) is 0 Å². The zero-order chi connectivity index (χ0) is 13.7. The van der Waals surface area contributed by atoms with E-state index in [0.29, 0.717) is 12.3 Å². The third-order valence-corrected chi connectivity index (χ3v) is 4.05. The van der Waals surface area contributed by atoms with Gasteiger partial charge in [0.05, 0.1) is 0 Å². The van der Waals surface area contributed by atoms with Gasteiger partial charge in [-0.05, 0) is 23.6 Å². The largest absolute Gasteiger partial charge is 0.412 e. The molecule has 19 heavy (non-hydrogen) atoms. The summed E-state index contributed by atoms with van der Waals surface area (Å²) in [5.41, 5.74) is -0.0934. The molecule has 0 bridgehead atoms. The van der Waals surface area contributed by atoms with Gasteiger partial charge in [0.1, 0.15) is 5.75 Å². The average molecular weight is 275 g/mol. The third-order valence-electron chi connectivity index (χ3n) is 2.82. The standard InChI is InChI=1S/C15H17NO2S/c1-15(2,13-9-6-10-19-13)11-16-14(17)18-12-7-4-3-5-8-12/h3-10H,11H2,1-2H3,(H,16,17). The number of thiophene rings is 1. The van der Waals surface area contributed by atoms with Crippen LogP contribution >= 0.6 is 11.3 Å². The van der Waals surface area contributed by atoms with Gasteiger partial charge in [-0.15, -0.1) is 11.3 Å². The molecule has 0 aliphatic heterocycles. The van der Waals surface area contributed by atoms with Crippen molar-refractivity contribution in [3.63, 3.8) is 0 Å². The normalized spacial score (nSPS) is 11.1. The fraction of sp³-hybridized carbons (Fsp3) is 0.267. The van der Waals surface area contributed by atoms with Crippen molar-refractivity contribution in [1.82, 2.24) is 5.32 Å². The second-order valence-corrected chi connectivity index (χ2v) is 5.87. The molecule has 1 amide bonds. The van der Waals surface area contributed by atoms with Gasteiger partial charge in [0, 0.05) is 16.8 Å². The van der Waals surface area contributed by atoms with E-state index in [1.165, 1.54) is 4.88 Å². The summed E-state index contributed by atoms with van der Waals surface area (Å²) in [7, 11) is 0. The lowest BCUT2D eigenvalue weighted by molar-refractivity contribution is 0.198. The monoisotopic (exact) mass is 275 g/mol. The van der Waals surface area contributed by atoms with E-state index in [2.05, 4.69) is 25.2 Å². The SMILES string of the molecule is CC(C)(CNC(=O)Oc1ccccc1)c1cccs1. The number of benzene rings is 1. The maximum absolute atomic E-state index is 11.7. The van der Waals surface area contributed by atoms with Crippen LogP contribution < -0.4 is 10.1 Å². The summed E-state index contributed by atoms with van der Waals surface area (Å²) < 4.78 is 5.18. The van der Waals surface area contributed by atoms with Gasteiger partial charge >= 0.3 is 6.09 Å². The second-order valence-electron chi connectivity index (χ2n) is 4.92. The van der Waals surface area contributed by atoms with Gasteiger partial charge in [0.15, 0.2) is 0 Å². The van der Waals surface area contributed by atoms with Crippen molar-refractivity contribution < 1.29 is 9.53 Å². The number of hydrogen-bond acceptors (Lipinski definition) is 3. The summed E-state index contributed by atoms with van der Waals surface area (Å²) in [6.07, 6.45) is -0.421.